The first-order valence-corrected chi connectivity index (χ1v) is 6.22. The molecular weight excluding hydrogens is 285 g/mol. The summed E-state index contributed by atoms with van der Waals surface area (Å²) in [6, 6.07) is 5.21. The zero-order valence-electron chi connectivity index (χ0n) is 9.90. The number of nitrogens with one attached hydrogen (secondary N) is 2. The second-order valence-electron chi connectivity index (χ2n) is 3.56. The molecule has 0 atom stereocenters. The fourth-order valence-corrected chi connectivity index (χ4v) is 1.84. The van der Waals surface area contributed by atoms with Gasteiger partial charge in [0.25, 0.3) is 0 Å². The lowest BCUT2D eigenvalue weighted by atomic mass is 10.3. The zero-order chi connectivity index (χ0) is 13.7. The number of halogens is 2. The van der Waals surface area contributed by atoms with Crippen LogP contribution < -0.4 is 10.6 Å². The molecule has 98 valence electrons. The summed E-state index contributed by atoms with van der Waals surface area (Å²) >= 11 is 12.1. The van der Waals surface area contributed by atoms with Crippen molar-refractivity contribution in [3.63, 3.8) is 0 Å². The Morgan fingerprint density at radius 3 is 2.68 bits per heavy atom. The standard InChI is InChI=1S/C12H11Cl2N5/c1-2-6-15-10-7-16-19-12(17-10)18-11-8(13)4-3-5-9(11)14/h2-5,7H,1,6H2,(H2,15,17,18,19). The van der Waals surface area contributed by atoms with Crippen LogP contribution in [0.5, 0.6) is 0 Å². The van der Waals surface area contributed by atoms with Crippen molar-refractivity contribution in [1.82, 2.24) is 15.2 Å². The first kappa shape index (κ1) is 13.6. The third-order valence-corrected chi connectivity index (χ3v) is 2.82. The summed E-state index contributed by atoms with van der Waals surface area (Å²) in [4.78, 5) is 4.23. The van der Waals surface area contributed by atoms with Gasteiger partial charge < -0.3 is 10.6 Å². The molecule has 0 saturated carbocycles. The molecule has 0 aliphatic heterocycles. The van der Waals surface area contributed by atoms with Gasteiger partial charge >= 0.3 is 0 Å². The fourth-order valence-electron chi connectivity index (χ4n) is 1.35. The normalized spacial score (nSPS) is 10.0. The predicted molar refractivity (Wildman–Crippen MR) is 78.3 cm³/mol. The highest BCUT2D eigenvalue weighted by Crippen LogP contribution is 2.31. The van der Waals surface area contributed by atoms with E-state index < -0.39 is 0 Å². The number of hydrogen-bond donors (Lipinski definition) is 2. The molecule has 0 bridgehead atoms. The summed E-state index contributed by atoms with van der Waals surface area (Å²) in [6.45, 7) is 4.20. The number of anilines is 3. The van der Waals surface area contributed by atoms with Gasteiger partial charge in [-0.05, 0) is 12.1 Å². The summed E-state index contributed by atoms with van der Waals surface area (Å²) in [5.74, 6) is 0.893. The van der Waals surface area contributed by atoms with E-state index in [1.807, 2.05) is 0 Å². The van der Waals surface area contributed by atoms with Crippen molar-refractivity contribution in [2.24, 2.45) is 0 Å². The van der Waals surface area contributed by atoms with E-state index in [4.69, 9.17) is 23.2 Å². The Kier molecular flexibility index (Phi) is 4.54. The molecule has 1 heterocycles. The molecule has 1 aromatic carbocycles. The molecule has 0 fully saturated rings. The molecule has 0 spiro atoms. The Morgan fingerprint density at radius 1 is 1.26 bits per heavy atom. The minimum Gasteiger partial charge on any atom is -0.365 e. The van der Waals surface area contributed by atoms with Gasteiger partial charge in [0.05, 0.1) is 21.9 Å². The molecular formula is C12H11Cl2N5. The van der Waals surface area contributed by atoms with Crippen molar-refractivity contribution in [3.8, 4) is 0 Å². The number of rotatable bonds is 5. The summed E-state index contributed by atoms with van der Waals surface area (Å²) in [7, 11) is 0. The van der Waals surface area contributed by atoms with Crippen LogP contribution in [0, 0.1) is 0 Å². The minimum absolute atomic E-state index is 0.309. The molecule has 1 aromatic heterocycles. The van der Waals surface area contributed by atoms with Crippen LogP contribution in [-0.2, 0) is 0 Å². The van der Waals surface area contributed by atoms with E-state index in [0.717, 1.165) is 0 Å². The lowest BCUT2D eigenvalue weighted by molar-refractivity contribution is 0.976. The first-order valence-electron chi connectivity index (χ1n) is 5.46. The van der Waals surface area contributed by atoms with Crippen LogP contribution >= 0.6 is 23.2 Å². The number of aromatic nitrogens is 3. The van der Waals surface area contributed by atoms with Gasteiger partial charge in [-0.15, -0.1) is 11.7 Å². The van der Waals surface area contributed by atoms with E-state index in [1.54, 1.807) is 24.3 Å². The van der Waals surface area contributed by atoms with Crippen LogP contribution in [0.15, 0.2) is 37.1 Å². The van der Waals surface area contributed by atoms with Crippen molar-refractivity contribution in [3.05, 3.63) is 47.1 Å². The van der Waals surface area contributed by atoms with Crippen molar-refractivity contribution < 1.29 is 0 Å². The van der Waals surface area contributed by atoms with Crippen LogP contribution in [0.2, 0.25) is 10.0 Å². The maximum atomic E-state index is 6.05. The van der Waals surface area contributed by atoms with Crippen molar-refractivity contribution in [1.29, 1.82) is 0 Å². The van der Waals surface area contributed by atoms with E-state index >= 15 is 0 Å². The minimum atomic E-state index is 0.309. The fraction of sp³-hybridized carbons (Fsp3) is 0.0833. The summed E-state index contributed by atoms with van der Waals surface area (Å²) < 4.78 is 0. The van der Waals surface area contributed by atoms with Crippen LogP contribution in [0.3, 0.4) is 0 Å². The van der Waals surface area contributed by atoms with Gasteiger partial charge in [-0.2, -0.15) is 10.1 Å². The average molecular weight is 296 g/mol. The molecule has 2 N–H and O–H groups in total. The van der Waals surface area contributed by atoms with Crippen LogP contribution in [-0.4, -0.2) is 21.7 Å². The SMILES string of the molecule is C=CCNc1cnnc(Nc2c(Cl)cccc2Cl)n1. The smallest absolute Gasteiger partial charge is 0.249 e. The molecule has 0 radical (unpaired) electrons. The summed E-state index contributed by atoms with van der Waals surface area (Å²) in [6.07, 6.45) is 3.24. The Bertz CT molecular complexity index is 568. The van der Waals surface area contributed by atoms with Gasteiger partial charge in [0.1, 0.15) is 0 Å². The molecule has 19 heavy (non-hydrogen) atoms. The molecule has 0 amide bonds. The Hall–Kier alpha value is -1.85. The zero-order valence-corrected chi connectivity index (χ0v) is 11.4. The van der Waals surface area contributed by atoms with Crippen molar-refractivity contribution in [2.45, 2.75) is 0 Å². The lowest BCUT2D eigenvalue weighted by Crippen LogP contribution is -2.05. The van der Waals surface area contributed by atoms with E-state index in [9.17, 15) is 0 Å². The molecule has 0 aliphatic carbocycles. The maximum absolute atomic E-state index is 6.05. The van der Waals surface area contributed by atoms with Crippen LogP contribution in [0.1, 0.15) is 0 Å². The van der Waals surface area contributed by atoms with Gasteiger partial charge in [-0.1, -0.05) is 35.3 Å². The third kappa shape index (κ3) is 3.56. The molecule has 2 aromatic rings. The van der Waals surface area contributed by atoms with Crippen LogP contribution in [0.4, 0.5) is 17.5 Å². The summed E-state index contributed by atoms with van der Waals surface area (Å²) in [5.41, 5.74) is 0.550. The first-order chi connectivity index (χ1) is 9.20. The molecule has 5 nitrogen and oxygen atoms in total. The Morgan fingerprint density at radius 2 is 2.00 bits per heavy atom. The molecule has 7 heteroatoms. The molecule has 0 saturated heterocycles. The highest BCUT2D eigenvalue weighted by atomic mass is 35.5. The third-order valence-electron chi connectivity index (χ3n) is 2.19. The van der Waals surface area contributed by atoms with Gasteiger partial charge in [-0.25, -0.2) is 0 Å². The molecule has 0 aliphatic rings. The van der Waals surface area contributed by atoms with E-state index in [1.165, 1.54) is 6.20 Å². The lowest BCUT2D eigenvalue weighted by Gasteiger charge is -2.09. The quantitative estimate of drug-likeness (QED) is 0.827. The Labute approximate surface area is 120 Å². The average Bonchev–Trinajstić information content (AvgIpc) is 2.41. The van der Waals surface area contributed by atoms with E-state index in [-0.39, 0.29) is 0 Å². The second-order valence-corrected chi connectivity index (χ2v) is 4.37. The Balaban J connectivity index is 2.21. The molecule has 2 rings (SSSR count). The number of hydrogen-bond acceptors (Lipinski definition) is 5. The number of benzene rings is 1. The van der Waals surface area contributed by atoms with Gasteiger partial charge in [-0.3, -0.25) is 0 Å². The molecule has 0 unspecified atom stereocenters. The maximum Gasteiger partial charge on any atom is 0.249 e. The largest absolute Gasteiger partial charge is 0.365 e. The topological polar surface area (TPSA) is 62.7 Å². The van der Waals surface area contributed by atoms with Gasteiger partial charge in [0.15, 0.2) is 5.82 Å². The van der Waals surface area contributed by atoms with Crippen LogP contribution in [0.25, 0.3) is 0 Å². The monoisotopic (exact) mass is 295 g/mol. The predicted octanol–water partition coefficient (Wildman–Crippen LogP) is 3.52. The highest BCUT2D eigenvalue weighted by molar-refractivity contribution is 6.39. The van der Waals surface area contributed by atoms with Gasteiger partial charge in [0.2, 0.25) is 5.95 Å². The summed E-state index contributed by atoms with van der Waals surface area (Å²) in [5, 5.41) is 14.6. The van der Waals surface area contributed by atoms with E-state index in [0.29, 0.717) is 34.0 Å². The number of para-hydroxylation sites is 1. The second kappa shape index (κ2) is 6.36. The van der Waals surface area contributed by atoms with Crippen molar-refractivity contribution in [2.75, 3.05) is 17.2 Å². The highest BCUT2D eigenvalue weighted by Gasteiger charge is 2.07. The van der Waals surface area contributed by atoms with E-state index in [2.05, 4.69) is 32.4 Å². The van der Waals surface area contributed by atoms with Gasteiger partial charge in [0, 0.05) is 6.54 Å². The van der Waals surface area contributed by atoms with Crippen molar-refractivity contribution >= 4 is 40.7 Å². The number of nitrogens with zero attached hydrogens (tertiary/aromatic N) is 3.